The summed E-state index contributed by atoms with van der Waals surface area (Å²) in [5.41, 5.74) is -0.563. The number of carbonyl (C=O) groups is 1. The van der Waals surface area contributed by atoms with Gasteiger partial charge in [0.25, 0.3) is 10.0 Å². The van der Waals surface area contributed by atoms with Crippen LogP contribution in [-0.2, 0) is 17.1 Å². The number of sulfonamides is 1. The van der Waals surface area contributed by atoms with Crippen LogP contribution in [0.2, 0.25) is 0 Å². The van der Waals surface area contributed by atoms with Gasteiger partial charge in [0.2, 0.25) is 0 Å². The molecule has 0 spiro atoms. The van der Waals surface area contributed by atoms with Gasteiger partial charge in [-0.3, -0.25) is 4.72 Å². The Kier molecular flexibility index (Phi) is 3.41. The molecular formula is C12H12N2O5S. The minimum absolute atomic E-state index is 0.0140. The molecule has 0 aliphatic heterocycles. The second kappa shape index (κ2) is 4.89. The van der Waals surface area contributed by atoms with Crippen LogP contribution >= 0.6 is 0 Å². The number of aromatic carboxylic acids is 1. The minimum atomic E-state index is -3.88. The van der Waals surface area contributed by atoms with E-state index in [2.05, 4.69) is 4.72 Å². The van der Waals surface area contributed by atoms with E-state index < -0.39 is 21.7 Å². The highest BCUT2D eigenvalue weighted by Crippen LogP contribution is 2.29. The molecule has 8 heteroatoms. The van der Waals surface area contributed by atoms with Gasteiger partial charge in [-0.2, -0.15) is 0 Å². The first kappa shape index (κ1) is 13.9. The minimum Gasteiger partial charge on any atom is -0.505 e. The number of aromatic hydroxyl groups is 1. The third-order valence-corrected chi connectivity index (χ3v) is 3.98. The van der Waals surface area contributed by atoms with Crippen molar-refractivity contribution in [3.8, 4) is 5.75 Å². The summed E-state index contributed by atoms with van der Waals surface area (Å²) in [7, 11) is -2.21. The van der Waals surface area contributed by atoms with Gasteiger partial charge in [-0.15, -0.1) is 0 Å². The molecule has 20 heavy (non-hydrogen) atoms. The third kappa shape index (κ3) is 2.59. The van der Waals surface area contributed by atoms with Gasteiger partial charge < -0.3 is 14.8 Å². The molecule has 0 aliphatic rings. The molecule has 0 amide bonds. The van der Waals surface area contributed by atoms with E-state index in [-0.39, 0.29) is 16.1 Å². The van der Waals surface area contributed by atoms with E-state index in [1.165, 1.54) is 30.5 Å². The van der Waals surface area contributed by atoms with Gasteiger partial charge in [0.05, 0.1) is 5.69 Å². The number of nitrogens with zero attached hydrogens (tertiary/aromatic N) is 1. The number of phenols is 1. The summed E-state index contributed by atoms with van der Waals surface area (Å²) < 4.78 is 27.8. The summed E-state index contributed by atoms with van der Waals surface area (Å²) in [4.78, 5) is 10.9. The Labute approximate surface area is 115 Å². The van der Waals surface area contributed by atoms with E-state index in [0.29, 0.717) is 0 Å². The Balaban J connectivity index is 2.40. The van der Waals surface area contributed by atoms with Gasteiger partial charge in [-0.25, -0.2) is 13.2 Å². The number of anilines is 1. The van der Waals surface area contributed by atoms with Crippen LogP contribution in [0.15, 0.2) is 41.6 Å². The van der Waals surface area contributed by atoms with E-state index in [4.69, 9.17) is 5.11 Å². The first-order valence-corrected chi connectivity index (χ1v) is 6.99. The molecular weight excluding hydrogens is 284 g/mol. The van der Waals surface area contributed by atoms with Gasteiger partial charge in [0.1, 0.15) is 10.5 Å². The lowest BCUT2D eigenvalue weighted by Gasteiger charge is -2.09. The zero-order chi connectivity index (χ0) is 14.9. The number of hydrogen-bond acceptors (Lipinski definition) is 4. The number of benzene rings is 1. The molecule has 0 bridgehead atoms. The van der Waals surface area contributed by atoms with Crippen molar-refractivity contribution in [3.63, 3.8) is 0 Å². The van der Waals surface area contributed by atoms with Crippen molar-refractivity contribution in [1.82, 2.24) is 4.57 Å². The number of carboxylic acid groups (broad SMARTS) is 1. The number of nitrogens with one attached hydrogen (secondary N) is 1. The predicted molar refractivity (Wildman–Crippen MR) is 71.3 cm³/mol. The van der Waals surface area contributed by atoms with E-state index in [1.807, 2.05) is 0 Å². The Morgan fingerprint density at radius 2 is 2.00 bits per heavy atom. The smallest absolute Gasteiger partial charge is 0.339 e. The number of carboxylic acids is 1. The molecule has 1 aromatic heterocycles. The quantitative estimate of drug-likeness (QED) is 0.735. The van der Waals surface area contributed by atoms with E-state index in [9.17, 15) is 18.3 Å². The van der Waals surface area contributed by atoms with Gasteiger partial charge in [-0.05, 0) is 18.2 Å². The van der Waals surface area contributed by atoms with Crippen LogP contribution in [0.1, 0.15) is 10.4 Å². The lowest BCUT2D eigenvalue weighted by atomic mass is 10.2. The lowest BCUT2D eigenvalue weighted by molar-refractivity contribution is 0.0694. The first-order chi connectivity index (χ1) is 9.31. The highest BCUT2D eigenvalue weighted by Gasteiger charge is 2.19. The zero-order valence-corrected chi connectivity index (χ0v) is 11.3. The number of aromatic nitrogens is 1. The molecule has 2 aromatic rings. The van der Waals surface area contributed by atoms with Crippen LogP contribution in [0, 0.1) is 0 Å². The number of para-hydroxylation sites is 1. The number of rotatable bonds is 4. The van der Waals surface area contributed by atoms with Gasteiger partial charge in [0.15, 0.2) is 5.75 Å². The van der Waals surface area contributed by atoms with Crippen LogP contribution < -0.4 is 4.72 Å². The molecule has 0 atom stereocenters. The second-order valence-corrected chi connectivity index (χ2v) is 5.81. The molecule has 3 N–H and O–H groups in total. The van der Waals surface area contributed by atoms with Gasteiger partial charge >= 0.3 is 5.97 Å². The van der Waals surface area contributed by atoms with Crippen LogP contribution in [0.5, 0.6) is 5.75 Å². The maximum atomic E-state index is 12.1. The molecule has 0 saturated carbocycles. The summed E-state index contributed by atoms with van der Waals surface area (Å²) in [6.07, 6.45) is 2.95. The fourth-order valence-electron chi connectivity index (χ4n) is 1.64. The molecule has 7 nitrogen and oxygen atoms in total. The van der Waals surface area contributed by atoms with Gasteiger partial charge in [-0.1, -0.05) is 6.07 Å². The van der Waals surface area contributed by atoms with Crippen molar-refractivity contribution in [3.05, 3.63) is 42.2 Å². The average Bonchev–Trinajstić information content (AvgIpc) is 2.79. The number of hydrogen-bond donors (Lipinski definition) is 3. The fraction of sp³-hybridized carbons (Fsp3) is 0.0833. The monoisotopic (exact) mass is 296 g/mol. The molecule has 0 unspecified atom stereocenters. The molecule has 2 rings (SSSR count). The van der Waals surface area contributed by atoms with Crippen molar-refractivity contribution < 1.29 is 23.4 Å². The van der Waals surface area contributed by atoms with E-state index in [1.54, 1.807) is 17.8 Å². The Morgan fingerprint density at radius 1 is 1.30 bits per heavy atom. The SMILES string of the molecule is Cn1ccc(S(=O)(=O)Nc2cccc(C(=O)O)c2O)c1. The highest BCUT2D eigenvalue weighted by atomic mass is 32.2. The predicted octanol–water partition coefficient (Wildman–Crippen LogP) is 1.23. The summed E-state index contributed by atoms with van der Waals surface area (Å²) in [6.45, 7) is 0. The molecule has 106 valence electrons. The number of aryl methyl sites for hydroxylation is 1. The normalized spacial score (nSPS) is 11.2. The Hall–Kier alpha value is -2.48. The fourth-order valence-corrected chi connectivity index (χ4v) is 2.76. The standard InChI is InChI=1S/C12H12N2O5S/c1-14-6-5-8(7-14)20(18,19)13-10-4-2-3-9(11(10)15)12(16)17/h2-7,13,15H,1H3,(H,16,17). The van der Waals surface area contributed by atoms with Crippen molar-refractivity contribution >= 4 is 21.7 Å². The van der Waals surface area contributed by atoms with Crippen LogP contribution in [0.25, 0.3) is 0 Å². The summed E-state index contributed by atoms with van der Waals surface area (Å²) in [5.74, 6) is -1.97. The third-order valence-electron chi connectivity index (χ3n) is 2.63. The maximum Gasteiger partial charge on any atom is 0.339 e. The molecule has 1 heterocycles. The van der Waals surface area contributed by atoms with Gasteiger partial charge in [0, 0.05) is 19.4 Å². The van der Waals surface area contributed by atoms with E-state index >= 15 is 0 Å². The van der Waals surface area contributed by atoms with Crippen LogP contribution in [0.3, 0.4) is 0 Å². The van der Waals surface area contributed by atoms with Crippen molar-refractivity contribution in [2.24, 2.45) is 7.05 Å². The Bertz CT molecular complexity index is 764. The summed E-state index contributed by atoms with van der Waals surface area (Å²) >= 11 is 0. The van der Waals surface area contributed by atoms with Crippen molar-refractivity contribution in [2.45, 2.75) is 4.90 Å². The summed E-state index contributed by atoms with van der Waals surface area (Å²) in [6, 6.07) is 5.19. The van der Waals surface area contributed by atoms with Crippen molar-refractivity contribution in [1.29, 1.82) is 0 Å². The second-order valence-electron chi connectivity index (χ2n) is 4.13. The molecule has 0 radical (unpaired) electrons. The highest BCUT2D eigenvalue weighted by molar-refractivity contribution is 7.92. The molecule has 0 fully saturated rings. The zero-order valence-electron chi connectivity index (χ0n) is 10.4. The van der Waals surface area contributed by atoms with Crippen LogP contribution in [-0.4, -0.2) is 29.2 Å². The largest absolute Gasteiger partial charge is 0.505 e. The molecule has 1 aromatic carbocycles. The average molecular weight is 296 g/mol. The van der Waals surface area contributed by atoms with Crippen LogP contribution in [0.4, 0.5) is 5.69 Å². The topological polar surface area (TPSA) is 109 Å². The maximum absolute atomic E-state index is 12.1. The molecule has 0 aliphatic carbocycles. The van der Waals surface area contributed by atoms with E-state index in [0.717, 1.165) is 0 Å². The Morgan fingerprint density at radius 3 is 2.55 bits per heavy atom. The first-order valence-electron chi connectivity index (χ1n) is 5.51. The molecule has 0 saturated heterocycles. The van der Waals surface area contributed by atoms with Crippen molar-refractivity contribution in [2.75, 3.05) is 4.72 Å². The lowest BCUT2D eigenvalue weighted by Crippen LogP contribution is -2.13. The summed E-state index contributed by atoms with van der Waals surface area (Å²) in [5, 5.41) is 18.6.